The third-order valence-electron chi connectivity index (χ3n) is 5.66. The van der Waals surface area contributed by atoms with E-state index in [0.717, 1.165) is 31.1 Å². The number of benzene rings is 1. The van der Waals surface area contributed by atoms with Gasteiger partial charge in [-0.15, -0.1) is 0 Å². The molecular formula is C24H30N6O3S. The number of carbonyl (C=O) groups excluding carboxylic acids is 3. The number of amidine groups is 1. The highest BCUT2D eigenvalue weighted by Gasteiger charge is 2.33. The summed E-state index contributed by atoms with van der Waals surface area (Å²) in [6, 6.07) is 6.71. The lowest BCUT2D eigenvalue weighted by atomic mass is 10.1. The number of anilines is 2. The molecule has 1 atom stereocenters. The quantitative estimate of drug-likeness (QED) is 0.673. The molecule has 0 bridgehead atoms. The zero-order chi connectivity index (χ0) is 24.3. The SMILES string of the molecule is CC(C)(C)n1cc(NC(=O)c2cccc(NC(=O)CC3SC(N4CCCCC4)=NC3=O)c2)cn1. The van der Waals surface area contributed by atoms with Gasteiger partial charge in [0.05, 0.1) is 17.4 Å². The third kappa shape index (κ3) is 5.85. The molecule has 9 nitrogen and oxygen atoms in total. The average Bonchev–Trinajstić information content (AvgIpc) is 3.41. The number of hydrogen-bond donors (Lipinski definition) is 2. The largest absolute Gasteiger partial charge is 0.351 e. The summed E-state index contributed by atoms with van der Waals surface area (Å²) in [7, 11) is 0. The van der Waals surface area contributed by atoms with Crippen molar-refractivity contribution in [2.75, 3.05) is 23.7 Å². The van der Waals surface area contributed by atoms with Crippen molar-refractivity contribution in [2.24, 2.45) is 4.99 Å². The summed E-state index contributed by atoms with van der Waals surface area (Å²) < 4.78 is 1.78. The van der Waals surface area contributed by atoms with E-state index in [0.29, 0.717) is 16.9 Å². The van der Waals surface area contributed by atoms with Crippen LogP contribution in [0, 0.1) is 0 Å². The highest BCUT2D eigenvalue weighted by Crippen LogP contribution is 2.29. The molecule has 0 saturated carbocycles. The monoisotopic (exact) mass is 482 g/mol. The molecule has 1 fully saturated rings. The fourth-order valence-electron chi connectivity index (χ4n) is 3.81. The van der Waals surface area contributed by atoms with Crippen molar-refractivity contribution in [3.8, 4) is 0 Å². The number of nitrogens with one attached hydrogen (secondary N) is 2. The molecule has 34 heavy (non-hydrogen) atoms. The fraction of sp³-hybridized carbons (Fsp3) is 0.458. The summed E-state index contributed by atoms with van der Waals surface area (Å²) >= 11 is 1.37. The predicted octanol–water partition coefficient (Wildman–Crippen LogP) is 3.70. The number of hydrogen-bond acceptors (Lipinski definition) is 6. The normalized spacial score (nSPS) is 18.6. The zero-order valence-electron chi connectivity index (χ0n) is 19.7. The molecule has 1 saturated heterocycles. The number of likely N-dealkylation sites (tertiary alicyclic amines) is 1. The van der Waals surface area contributed by atoms with Crippen LogP contribution in [0.3, 0.4) is 0 Å². The molecule has 0 aliphatic carbocycles. The van der Waals surface area contributed by atoms with Gasteiger partial charge in [-0.1, -0.05) is 17.8 Å². The lowest BCUT2D eigenvalue weighted by molar-refractivity contribution is -0.121. The summed E-state index contributed by atoms with van der Waals surface area (Å²) in [5.41, 5.74) is 1.31. The average molecular weight is 483 g/mol. The molecule has 3 heterocycles. The van der Waals surface area contributed by atoms with Crippen LogP contribution in [0.4, 0.5) is 11.4 Å². The topological polar surface area (TPSA) is 109 Å². The van der Waals surface area contributed by atoms with Gasteiger partial charge in [-0.05, 0) is 58.2 Å². The molecule has 1 aromatic heterocycles. The van der Waals surface area contributed by atoms with Crippen LogP contribution in [0.15, 0.2) is 41.7 Å². The molecule has 2 aliphatic rings. The van der Waals surface area contributed by atoms with Crippen LogP contribution >= 0.6 is 11.8 Å². The van der Waals surface area contributed by atoms with E-state index in [1.54, 1.807) is 41.3 Å². The van der Waals surface area contributed by atoms with Gasteiger partial charge in [0.2, 0.25) is 5.91 Å². The van der Waals surface area contributed by atoms with Crippen molar-refractivity contribution in [2.45, 2.75) is 57.2 Å². The highest BCUT2D eigenvalue weighted by molar-refractivity contribution is 8.15. The molecule has 2 N–H and O–H groups in total. The predicted molar refractivity (Wildman–Crippen MR) is 134 cm³/mol. The number of aliphatic imine (C=N–C) groups is 1. The first-order valence-electron chi connectivity index (χ1n) is 11.5. The lowest BCUT2D eigenvalue weighted by Gasteiger charge is -2.27. The van der Waals surface area contributed by atoms with E-state index < -0.39 is 5.25 Å². The molecule has 0 spiro atoms. The van der Waals surface area contributed by atoms with Gasteiger partial charge in [0.1, 0.15) is 5.25 Å². The molecule has 10 heteroatoms. The van der Waals surface area contributed by atoms with E-state index in [1.807, 2.05) is 20.8 Å². The third-order valence-corrected chi connectivity index (χ3v) is 6.88. The van der Waals surface area contributed by atoms with E-state index in [1.165, 1.54) is 18.2 Å². The first kappa shape index (κ1) is 24.0. The Morgan fingerprint density at radius 1 is 1.12 bits per heavy atom. The van der Waals surface area contributed by atoms with Crippen molar-refractivity contribution in [1.82, 2.24) is 14.7 Å². The first-order chi connectivity index (χ1) is 16.2. The summed E-state index contributed by atoms with van der Waals surface area (Å²) in [5.74, 6) is -0.847. The van der Waals surface area contributed by atoms with Crippen LogP contribution in [0.2, 0.25) is 0 Å². The Kier molecular flexibility index (Phi) is 7.06. The van der Waals surface area contributed by atoms with Crippen molar-refractivity contribution in [3.05, 3.63) is 42.2 Å². The molecular weight excluding hydrogens is 452 g/mol. The molecule has 2 aliphatic heterocycles. The second-order valence-electron chi connectivity index (χ2n) is 9.52. The maximum Gasteiger partial charge on any atom is 0.262 e. The van der Waals surface area contributed by atoms with Crippen LogP contribution in [-0.4, -0.2) is 55.9 Å². The smallest absolute Gasteiger partial charge is 0.262 e. The lowest BCUT2D eigenvalue weighted by Crippen LogP contribution is -2.33. The number of piperidine rings is 1. The van der Waals surface area contributed by atoms with Crippen molar-refractivity contribution in [1.29, 1.82) is 0 Å². The van der Waals surface area contributed by atoms with Gasteiger partial charge < -0.3 is 15.5 Å². The molecule has 4 rings (SSSR count). The Morgan fingerprint density at radius 2 is 1.88 bits per heavy atom. The molecule has 2 aromatic rings. The summed E-state index contributed by atoms with van der Waals surface area (Å²) in [5, 5.41) is 10.1. The second-order valence-corrected chi connectivity index (χ2v) is 10.7. The minimum absolute atomic E-state index is 0.0345. The van der Waals surface area contributed by atoms with E-state index in [4.69, 9.17) is 0 Å². The van der Waals surface area contributed by atoms with Gasteiger partial charge in [0.25, 0.3) is 11.8 Å². The van der Waals surface area contributed by atoms with Crippen LogP contribution in [0.5, 0.6) is 0 Å². The van der Waals surface area contributed by atoms with Crippen LogP contribution in [0.25, 0.3) is 0 Å². The van der Waals surface area contributed by atoms with Crippen molar-refractivity contribution in [3.63, 3.8) is 0 Å². The minimum Gasteiger partial charge on any atom is -0.351 e. The molecule has 180 valence electrons. The van der Waals surface area contributed by atoms with E-state index in [2.05, 4.69) is 25.6 Å². The summed E-state index contributed by atoms with van der Waals surface area (Å²) in [6.45, 7) is 7.88. The van der Waals surface area contributed by atoms with Crippen LogP contribution in [-0.2, 0) is 15.1 Å². The first-order valence-corrected chi connectivity index (χ1v) is 12.4. The number of amides is 3. The van der Waals surface area contributed by atoms with Gasteiger partial charge in [-0.3, -0.25) is 19.1 Å². The van der Waals surface area contributed by atoms with Crippen molar-refractivity contribution >= 4 is 46.0 Å². The Hall–Kier alpha value is -3.14. The second kappa shape index (κ2) is 10.0. The zero-order valence-corrected chi connectivity index (χ0v) is 20.5. The Bertz CT molecular complexity index is 1110. The summed E-state index contributed by atoms with van der Waals surface area (Å²) in [4.78, 5) is 43.9. The van der Waals surface area contributed by atoms with Crippen LogP contribution < -0.4 is 10.6 Å². The molecule has 1 unspecified atom stereocenters. The molecule has 0 radical (unpaired) electrons. The Balaban J connectivity index is 1.32. The number of carbonyl (C=O) groups is 3. The number of nitrogens with zero attached hydrogens (tertiary/aromatic N) is 4. The number of thioether (sulfide) groups is 1. The molecule has 3 amide bonds. The minimum atomic E-state index is -0.511. The number of rotatable bonds is 5. The van der Waals surface area contributed by atoms with E-state index in [-0.39, 0.29) is 29.7 Å². The standard InChI is InChI=1S/C24H30N6O3S/c1-24(2,3)30-15-18(14-25-30)27-21(32)16-8-7-9-17(12-16)26-20(31)13-19-22(33)28-23(34-19)29-10-5-4-6-11-29/h7-9,12,14-15,19H,4-6,10-11,13H2,1-3H3,(H,26,31)(H,27,32). The highest BCUT2D eigenvalue weighted by atomic mass is 32.2. The van der Waals surface area contributed by atoms with Gasteiger partial charge in [0.15, 0.2) is 5.17 Å². The van der Waals surface area contributed by atoms with E-state index in [9.17, 15) is 14.4 Å². The van der Waals surface area contributed by atoms with Crippen LogP contribution in [0.1, 0.15) is 56.8 Å². The Morgan fingerprint density at radius 3 is 2.59 bits per heavy atom. The van der Waals surface area contributed by atoms with Gasteiger partial charge in [-0.2, -0.15) is 10.1 Å². The maximum atomic E-state index is 12.7. The van der Waals surface area contributed by atoms with E-state index >= 15 is 0 Å². The number of aromatic nitrogens is 2. The van der Waals surface area contributed by atoms with Crippen molar-refractivity contribution < 1.29 is 14.4 Å². The fourth-order valence-corrected chi connectivity index (χ4v) is 4.92. The maximum absolute atomic E-state index is 12.7. The molecule has 1 aromatic carbocycles. The van der Waals surface area contributed by atoms with Gasteiger partial charge in [0, 0.05) is 37.0 Å². The summed E-state index contributed by atoms with van der Waals surface area (Å²) in [6.07, 6.45) is 6.81. The Labute approximate surface area is 203 Å². The van der Waals surface area contributed by atoms with Gasteiger partial charge >= 0.3 is 0 Å². The van der Waals surface area contributed by atoms with Gasteiger partial charge in [-0.25, -0.2) is 0 Å².